The zero-order chi connectivity index (χ0) is 22.4. The van der Waals surface area contributed by atoms with Gasteiger partial charge in [0.1, 0.15) is 17.2 Å². The van der Waals surface area contributed by atoms with Crippen molar-refractivity contribution >= 4 is 17.7 Å². The minimum Gasteiger partial charge on any atom is -0.485 e. The Bertz CT molecular complexity index is 996. The van der Waals surface area contributed by atoms with Gasteiger partial charge in [0.25, 0.3) is 0 Å². The second-order valence-corrected chi connectivity index (χ2v) is 8.83. The molecule has 1 aromatic carbocycles. The number of likely N-dealkylation sites (N-methyl/N-ethyl adjacent to an activating group) is 1. The molecule has 0 aliphatic carbocycles. The van der Waals surface area contributed by atoms with Crippen LogP contribution in [-0.4, -0.2) is 63.3 Å². The number of H-pyrrole nitrogens is 1. The van der Waals surface area contributed by atoms with Crippen molar-refractivity contribution in [1.82, 2.24) is 25.5 Å². The third-order valence-electron chi connectivity index (χ3n) is 5.62. The largest absolute Gasteiger partial charge is 0.485 e. The Morgan fingerprint density at radius 3 is 2.61 bits per heavy atom. The molecule has 0 bridgehead atoms. The van der Waals surface area contributed by atoms with Gasteiger partial charge in [0.15, 0.2) is 6.61 Å². The van der Waals surface area contributed by atoms with Gasteiger partial charge in [-0.3, -0.25) is 4.79 Å². The number of ether oxygens (including phenoxy) is 2. The van der Waals surface area contributed by atoms with Crippen LogP contribution in [0.15, 0.2) is 12.1 Å². The van der Waals surface area contributed by atoms with Crippen LogP contribution in [0, 0.1) is 5.82 Å². The summed E-state index contributed by atoms with van der Waals surface area (Å²) in [5.41, 5.74) is -0.778. The van der Waals surface area contributed by atoms with E-state index in [1.807, 2.05) is 0 Å². The molecule has 31 heavy (non-hydrogen) atoms. The van der Waals surface area contributed by atoms with Crippen molar-refractivity contribution in [3.8, 4) is 5.75 Å². The van der Waals surface area contributed by atoms with E-state index in [2.05, 4.69) is 20.6 Å². The molecule has 0 atom stereocenters. The smallest absolute Gasteiger partial charge is 0.410 e. The van der Waals surface area contributed by atoms with Crippen molar-refractivity contribution in [2.75, 3.05) is 25.0 Å². The average molecular weight is 432 g/mol. The minimum atomic E-state index is -1.00. The van der Waals surface area contributed by atoms with Crippen molar-refractivity contribution in [2.24, 2.45) is 0 Å². The molecule has 10 nitrogen and oxygen atoms in total. The van der Waals surface area contributed by atoms with E-state index in [1.54, 1.807) is 38.8 Å². The molecule has 4 rings (SSSR count). The third-order valence-corrected chi connectivity index (χ3v) is 5.62. The number of carbonyl (C=O) groups is 2. The second kappa shape index (κ2) is 7.47. The molecule has 1 spiro atoms. The molecule has 0 unspecified atom stereocenters. The lowest BCUT2D eigenvalue weighted by Crippen LogP contribution is -2.50. The number of benzene rings is 1. The number of amides is 2. The Morgan fingerprint density at radius 1 is 1.29 bits per heavy atom. The number of likely N-dealkylation sites (tertiary alicyclic amines) is 1. The summed E-state index contributed by atoms with van der Waals surface area (Å²) in [6.45, 7) is 6.04. The number of nitrogens with one attached hydrogen (secondary N) is 1. The molecule has 3 heterocycles. The standard InChI is InChI=1S/C20H25FN6O4/c1-19(2,3)31-18(29)27-7-5-20(6-8-27)16-13(21)9-12(10-14(16)26(4)17(20)28)30-11-15-22-24-25-23-15/h9-10H,5-8,11H2,1-4H3,(H,22,23,24,25). The van der Waals surface area contributed by atoms with E-state index in [1.165, 1.54) is 11.0 Å². The number of anilines is 1. The van der Waals surface area contributed by atoms with Gasteiger partial charge in [-0.2, -0.15) is 5.21 Å². The summed E-state index contributed by atoms with van der Waals surface area (Å²) in [6.07, 6.45) is 0.220. The number of tetrazole rings is 1. The van der Waals surface area contributed by atoms with Crippen LogP contribution in [0.5, 0.6) is 5.75 Å². The number of aromatic amines is 1. The van der Waals surface area contributed by atoms with Crippen LogP contribution in [0.2, 0.25) is 0 Å². The molecule has 2 aromatic rings. The van der Waals surface area contributed by atoms with Crippen LogP contribution < -0.4 is 9.64 Å². The molecule has 1 saturated heterocycles. The van der Waals surface area contributed by atoms with Gasteiger partial charge in [-0.05, 0) is 33.6 Å². The van der Waals surface area contributed by atoms with Gasteiger partial charge in [-0.15, -0.1) is 10.2 Å². The molecule has 11 heteroatoms. The highest BCUT2D eigenvalue weighted by molar-refractivity contribution is 6.08. The zero-order valence-corrected chi connectivity index (χ0v) is 17.9. The first-order chi connectivity index (χ1) is 14.6. The topological polar surface area (TPSA) is 114 Å². The van der Waals surface area contributed by atoms with E-state index in [9.17, 15) is 9.59 Å². The van der Waals surface area contributed by atoms with E-state index in [0.29, 0.717) is 43.0 Å². The number of rotatable bonds is 3. The van der Waals surface area contributed by atoms with Crippen molar-refractivity contribution in [1.29, 1.82) is 0 Å². The van der Waals surface area contributed by atoms with Gasteiger partial charge in [-0.25, -0.2) is 9.18 Å². The molecule has 2 aliphatic heterocycles. The first-order valence-electron chi connectivity index (χ1n) is 10.1. The third kappa shape index (κ3) is 3.79. The Balaban J connectivity index is 1.55. The molecule has 0 radical (unpaired) electrons. The van der Waals surface area contributed by atoms with Gasteiger partial charge < -0.3 is 19.3 Å². The zero-order valence-electron chi connectivity index (χ0n) is 17.9. The molecule has 166 valence electrons. The summed E-state index contributed by atoms with van der Waals surface area (Å²) in [5, 5.41) is 13.4. The Kier molecular flexibility index (Phi) is 5.06. The first-order valence-corrected chi connectivity index (χ1v) is 10.1. The van der Waals surface area contributed by atoms with E-state index < -0.39 is 22.9 Å². The number of halogens is 1. The molecule has 0 saturated carbocycles. The Morgan fingerprint density at radius 2 is 2.00 bits per heavy atom. The first kappa shape index (κ1) is 21.0. The predicted molar refractivity (Wildman–Crippen MR) is 107 cm³/mol. The van der Waals surface area contributed by atoms with Crippen molar-refractivity contribution < 1.29 is 23.5 Å². The van der Waals surface area contributed by atoms with E-state index in [0.717, 1.165) is 0 Å². The van der Waals surface area contributed by atoms with Gasteiger partial charge in [0.2, 0.25) is 11.7 Å². The fourth-order valence-electron chi connectivity index (χ4n) is 4.18. The second-order valence-electron chi connectivity index (χ2n) is 8.83. The lowest BCUT2D eigenvalue weighted by molar-refractivity contribution is -0.124. The molecule has 1 N–H and O–H groups in total. The summed E-state index contributed by atoms with van der Waals surface area (Å²) in [6, 6.07) is 2.92. The summed E-state index contributed by atoms with van der Waals surface area (Å²) in [4.78, 5) is 28.6. The predicted octanol–water partition coefficient (Wildman–Crippen LogP) is 2.16. The molecule has 1 fully saturated rings. The minimum absolute atomic E-state index is 0.0162. The summed E-state index contributed by atoms with van der Waals surface area (Å²) >= 11 is 0. The van der Waals surface area contributed by atoms with Gasteiger partial charge in [-0.1, -0.05) is 5.21 Å². The molecule has 2 aliphatic rings. The van der Waals surface area contributed by atoms with Crippen molar-refractivity contribution in [3.63, 3.8) is 0 Å². The summed E-state index contributed by atoms with van der Waals surface area (Å²) < 4.78 is 26.3. The normalized spacial score (nSPS) is 17.8. The number of hydrogen-bond acceptors (Lipinski definition) is 7. The highest BCUT2D eigenvalue weighted by Crippen LogP contribution is 2.50. The van der Waals surface area contributed by atoms with Crippen molar-refractivity contribution in [2.45, 2.75) is 51.2 Å². The van der Waals surface area contributed by atoms with Gasteiger partial charge in [0, 0.05) is 37.8 Å². The number of carbonyl (C=O) groups excluding carboxylic acids is 2. The lowest BCUT2D eigenvalue weighted by Gasteiger charge is -2.38. The number of aromatic nitrogens is 4. The van der Waals surface area contributed by atoms with Crippen LogP contribution in [-0.2, 0) is 21.6 Å². The van der Waals surface area contributed by atoms with E-state index >= 15 is 4.39 Å². The number of fused-ring (bicyclic) bond motifs is 2. The van der Waals surface area contributed by atoms with Gasteiger partial charge in [0.05, 0.1) is 11.1 Å². The van der Waals surface area contributed by atoms with Crippen LogP contribution in [0.1, 0.15) is 45.0 Å². The molecular formula is C20H25FN6O4. The molecular weight excluding hydrogens is 407 g/mol. The van der Waals surface area contributed by atoms with Crippen LogP contribution in [0.3, 0.4) is 0 Å². The number of hydrogen-bond donors (Lipinski definition) is 1. The molecule has 1 aromatic heterocycles. The van der Waals surface area contributed by atoms with Crippen LogP contribution in [0.4, 0.5) is 14.9 Å². The van der Waals surface area contributed by atoms with Crippen molar-refractivity contribution in [3.05, 3.63) is 29.3 Å². The molecule has 2 amide bonds. The monoisotopic (exact) mass is 432 g/mol. The maximum atomic E-state index is 15.3. The fraction of sp³-hybridized carbons (Fsp3) is 0.550. The fourth-order valence-corrected chi connectivity index (χ4v) is 4.18. The van der Waals surface area contributed by atoms with Crippen LogP contribution >= 0.6 is 0 Å². The number of nitrogens with zero attached hydrogens (tertiary/aromatic N) is 5. The summed E-state index contributed by atoms with van der Waals surface area (Å²) in [7, 11) is 1.62. The van der Waals surface area contributed by atoms with E-state index in [4.69, 9.17) is 9.47 Å². The van der Waals surface area contributed by atoms with Gasteiger partial charge >= 0.3 is 6.09 Å². The SMILES string of the molecule is CN1C(=O)C2(CCN(C(=O)OC(C)(C)C)CC2)c2c(F)cc(OCc3nn[nH]n3)cc21. The maximum absolute atomic E-state index is 15.3. The highest BCUT2D eigenvalue weighted by Gasteiger charge is 2.53. The van der Waals surface area contributed by atoms with E-state index in [-0.39, 0.29) is 18.3 Å². The lowest BCUT2D eigenvalue weighted by atomic mass is 9.73. The Labute approximate surface area is 178 Å². The summed E-state index contributed by atoms with van der Waals surface area (Å²) in [5.74, 6) is -0.0927. The Hall–Kier alpha value is -3.24. The average Bonchev–Trinajstić information content (AvgIpc) is 3.29. The quantitative estimate of drug-likeness (QED) is 0.791. The number of piperidine rings is 1. The highest BCUT2D eigenvalue weighted by atomic mass is 19.1. The maximum Gasteiger partial charge on any atom is 0.410 e. The van der Waals surface area contributed by atoms with Crippen LogP contribution in [0.25, 0.3) is 0 Å².